The Balaban J connectivity index is 4.53. The van der Waals surface area contributed by atoms with Gasteiger partial charge in [0.05, 0.1) is 0 Å². The summed E-state index contributed by atoms with van der Waals surface area (Å²) in [7, 11) is 0. The molecule has 2 nitrogen and oxygen atoms in total. The second kappa shape index (κ2) is 5.34. The van der Waals surface area contributed by atoms with E-state index < -0.39 is 0 Å². The van der Waals surface area contributed by atoms with Gasteiger partial charge in [-0.15, -0.1) is 0 Å². The SMILES string of the molecule is CC(=O)OC(C)C(C)(C)/C(Br)=C/I. The smallest absolute Gasteiger partial charge is 0.302 e. The number of rotatable bonds is 3. The first-order chi connectivity index (χ1) is 5.82. The van der Waals surface area contributed by atoms with Crippen molar-refractivity contribution in [1.29, 1.82) is 0 Å². The lowest BCUT2D eigenvalue weighted by atomic mass is 9.87. The molecule has 0 aliphatic carbocycles. The van der Waals surface area contributed by atoms with Crippen LogP contribution in [0.1, 0.15) is 27.7 Å². The van der Waals surface area contributed by atoms with Gasteiger partial charge in [0, 0.05) is 16.8 Å². The van der Waals surface area contributed by atoms with Gasteiger partial charge in [0.15, 0.2) is 0 Å². The van der Waals surface area contributed by atoms with Crippen LogP contribution < -0.4 is 0 Å². The fraction of sp³-hybridized carbons (Fsp3) is 0.667. The predicted octanol–water partition coefficient (Wildman–Crippen LogP) is 3.64. The molecule has 0 saturated heterocycles. The molecule has 1 atom stereocenters. The summed E-state index contributed by atoms with van der Waals surface area (Å²) in [6.45, 7) is 7.37. The molecule has 0 rings (SSSR count). The van der Waals surface area contributed by atoms with Crippen molar-refractivity contribution in [2.75, 3.05) is 0 Å². The Morgan fingerprint density at radius 3 is 2.38 bits per heavy atom. The summed E-state index contributed by atoms with van der Waals surface area (Å²) in [6, 6.07) is 0. The van der Waals surface area contributed by atoms with Crippen molar-refractivity contribution in [3.05, 3.63) is 8.57 Å². The van der Waals surface area contributed by atoms with Crippen LogP contribution >= 0.6 is 38.5 Å². The molecule has 1 unspecified atom stereocenters. The highest BCUT2D eigenvalue weighted by atomic mass is 127. The van der Waals surface area contributed by atoms with E-state index in [1.165, 1.54) is 6.92 Å². The van der Waals surface area contributed by atoms with E-state index in [4.69, 9.17) is 4.74 Å². The summed E-state index contributed by atoms with van der Waals surface area (Å²) in [5.74, 6) is -0.241. The third-order valence-electron chi connectivity index (χ3n) is 2.07. The van der Waals surface area contributed by atoms with Crippen LogP contribution in [-0.4, -0.2) is 12.1 Å². The molecule has 13 heavy (non-hydrogen) atoms. The normalized spacial score (nSPS) is 15.4. The van der Waals surface area contributed by atoms with E-state index in [2.05, 4.69) is 38.5 Å². The highest BCUT2D eigenvalue weighted by Gasteiger charge is 2.30. The third-order valence-corrected chi connectivity index (χ3v) is 4.80. The van der Waals surface area contributed by atoms with Crippen LogP contribution in [0.25, 0.3) is 0 Å². The van der Waals surface area contributed by atoms with Crippen LogP contribution in [0.2, 0.25) is 0 Å². The lowest BCUT2D eigenvalue weighted by molar-refractivity contribution is -0.149. The molecular formula is C9H14BrIO2. The molecule has 0 aromatic heterocycles. The van der Waals surface area contributed by atoms with Crippen LogP contribution in [0.4, 0.5) is 0 Å². The monoisotopic (exact) mass is 360 g/mol. The lowest BCUT2D eigenvalue weighted by Gasteiger charge is -2.30. The fourth-order valence-electron chi connectivity index (χ4n) is 0.731. The largest absolute Gasteiger partial charge is 0.462 e. The number of halogens is 2. The summed E-state index contributed by atoms with van der Waals surface area (Å²) in [5, 5.41) is 0. The van der Waals surface area contributed by atoms with E-state index >= 15 is 0 Å². The van der Waals surface area contributed by atoms with Crippen LogP contribution in [0.5, 0.6) is 0 Å². The van der Waals surface area contributed by atoms with Crippen LogP contribution in [-0.2, 0) is 9.53 Å². The summed E-state index contributed by atoms with van der Waals surface area (Å²) < 4.78 is 8.10. The number of hydrogen-bond acceptors (Lipinski definition) is 2. The van der Waals surface area contributed by atoms with Gasteiger partial charge >= 0.3 is 5.97 Å². The van der Waals surface area contributed by atoms with Crippen molar-refractivity contribution in [1.82, 2.24) is 0 Å². The average Bonchev–Trinajstić information content (AvgIpc) is 2.01. The third kappa shape index (κ3) is 3.97. The van der Waals surface area contributed by atoms with E-state index in [-0.39, 0.29) is 17.5 Å². The van der Waals surface area contributed by atoms with Gasteiger partial charge in [0.1, 0.15) is 6.10 Å². The Kier molecular flexibility index (Phi) is 5.51. The zero-order valence-corrected chi connectivity index (χ0v) is 12.0. The van der Waals surface area contributed by atoms with Crippen molar-refractivity contribution < 1.29 is 9.53 Å². The van der Waals surface area contributed by atoms with Crippen molar-refractivity contribution in [2.24, 2.45) is 5.41 Å². The molecule has 0 aromatic rings. The molecule has 0 N–H and O–H groups in total. The van der Waals surface area contributed by atoms with Crippen molar-refractivity contribution in [3.8, 4) is 0 Å². The second-order valence-corrected chi connectivity index (χ2v) is 4.91. The lowest BCUT2D eigenvalue weighted by Crippen LogP contribution is -2.31. The molecule has 0 bridgehead atoms. The molecule has 0 aliphatic heterocycles. The van der Waals surface area contributed by atoms with Gasteiger partial charge in [-0.2, -0.15) is 0 Å². The van der Waals surface area contributed by atoms with Crippen LogP contribution in [0.15, 0.2) is 8.57 Å². The number of esters is 1. The first-order valence-electron chi connectivity index (χ1n) is 3.96. The zero-order chi connectivity index (χ0) is 10.6. The molecule has 0 saturated carbocycles. The zero-order valence-electron chi connectivity index (χ0n) is 8.23. The predicted molar refractivity (Wildman–Crippen MR) is 66.0 cm³/mol. The molecular weight excluding hydrogens is 347 g/mol. The maximum Gasteiger partial charge on any atom is 0.302 e. The molecule has 0 aromatic carbocycles. The van der Waals surface area contributed by atoms with Crippen LogP contribution in [0.3, 0.4) is 0 Å². The fourth-order valence-corrected chi connectivity index (χ4v) is 1.86. The summed E-state index contributed by atoms with van der Waals surface area (Å²) >= 11 is 5.61. The molecule has 0 radical (unpaired) electrons. The van der Waals surface area contributed by atoms with E-state index in [1.54, 1.807) is 0 Å². The summed E-state index contributed by atoms with van der Waals surface area (Å²) in [6.07, 6.45) is -0.134. The maximum atomic E-state index is 10.8. The van der Waals surface area contributed by atoms with Crippen LogP contribution in [0, 0.1) is 5.41 Å². The van der Waals surface area contributed by atoms with Gasteiger partial charge in [0.2, 0.25) is 0 Å². The van der Waals surface area contributed by atoms with Crippen molar-refractivity contribution in [3.63, 3.8) is 0 Å². The van der Waals surface area contributed by atoms with Gasteiger partial charge < -0.3 is 4.74 Å². The van der Waals surface area contributed by atoms with Crippen molar-refractivity contribution in [2.45, 2.75) is 33.8 Å². The molecule has 76 valence electrons. The Labute approximate surface area is 101 Å². The minimum atomic E-state index is -0.241. The molecule has 0 aliphatic rings. The van der Waals surface area contributed by atoms with Gasteiger partial charge in [-0.3, -0.25) is 4.79 Å². The standard InChI is InChI=1S/C9H14BrIO2/c1-6(13-7(2)12)9(3,4)8(10)5-11/h5-6H,1-4H3/b8-5-. The van der Waals surface area contributed by atoms with Gasteiger partial charge in [0.25, 0.3) is 0 Å². The van der Waals surface area contributed by atoms with Gasteiger partial charge in [-0.25, -0.2) is 0 Å². The molecule has 0 amide bonds. The number of ether oxygens (including phenoxy) is 1. The number of hydrogen-bond donors (Lipinski definition) is 0. The number of carbonyl (C=O) groups excluding carboxylic acids is 1. The molecule has 0 fully saturated rings. The first-order valence-corrected chi connectivity index (χ1v) is 5.99. The van der Waals surface area contributed by atoms with Gasteiger partial charge in [-0.1, -0.05) is 52.4 Å². The van der Waals surface area contributed by atoms with E-state index in [1.807, 2.05) is 24.9 Å². The maximum absolute atomic E-state index is 10.8. The summed E-state index contributed by atoms with van der Waals surface area (Å²) in [4.78, 5) is 10.8. The highest BCUT2D eigenvalue weighted by Crippen LogP contribution is 2.36. The van der Waals surface area contributed by atoms with Crippen molar-refractivity contribution >= 4 is 44.5 Å². The minimum absolute atomic E-state index is 0.134. The first kappa shape index (κ1) is 13.4. The highest BCUT2D eigenvalue weighted by molar-refractivity contribution is 14.1. The Morgan fingerprint density at radius 2 is 2.08 bits per heavy atom. The topological polar surface area (TPSA) is 26.3 Å². The molecule has 4 heteroatoms. The average molecular weight is 361 g/mol. The van der Waals surface area contributed by atoms with E-state index in [0.717, 1.165) is 4.48 Å². The molecule has 0 heterocycles. The Hall–Kier alpha value is 0.420. The number of carbonyl (C=O) groups is 1. The minimum Gasteiger partial charge on any atom is -0.462 e. The van der Waals surface area contributed by atoms with Gasteiger partial charge in [-0.05, 0) is 11.0 Å². The molecule has 0 spiro atoms. The van der Waals surface area contributed by atoms with E-state index in [0.29, 0.717) is 0 Å². The second-order valence-electron chi connectivity index (χ2n) is 3.43. The van der Waals surface area contributed by atoms with E-state index in [9.17, 15) is 4.79 Å². The quantitative estimate of drug-likeness (QED) is 0.567. The Bertz CT molecular complexity index is 224. The summed E-state index contributed by atoms with van der Waals surface area (Å²) in [5.41, 5.74) is -0.174. The Morgan fingerprint density at radius 1 is 1.62 bits per heavy atom.